The predicted octanol–water partition coefficient (Wildman–Crippen LogP) is -0.538. The lowest BCUT2D eigenvalue weighted by molar-refractivity contribution is -0.386. The molecule has 76 valence electrons. The lowest BCUT2D eigenvalue weighted by Gasteiger charge is -1.93. The van der Waals surface area contributed by atoms with Crippen molar-refractivity contribution in [3.8, 4) is 0 Å². The van der Waals surface area contributed by atoms with Gasteiger partial charge >= 0.3 is 5.97 Å². The fourth-order valence-corrected chi connectivity index (χ4v) is 1.44. The van der Waals surface area contributed by atoms with E-state index in [9.17, 15) is 14.9 Å². The van der Waals surface area contributed by atoms with Crippen LogP contribution in [-0.4, -0.2) is 22.0 Å². The Balaban J connectivity index is 2.69. The van der Waals surface area contributed by atoms with E-state index in [1.807, 2.05) is 0 Å². The summed E-state index contributed by atoms with van der Waals surface area (Å²) in [5.41, 5.74) is -0.160. The Morgan fingerprint density at radius 1 is 1.53 bits per heavy atom. The quantitative estimate of drug-likeness (QED) is 0.519. The first kappa shape index (κ1) is 9.32. The second-order valence-electron chi connectivity index (χ2n) is 3.05. The minimum absolute atomic E-state index is 0.148. The van der Waals surface area contributed by atoms with Crippen molar-refractivity contribution in [3.63, 3.8) is 0 Å². The number of hydrogen-bond donors (Lipinski definition) is 1. The maximum Gasteiger partial charge on any atom is 0.332 e. The fraction of sp³-hybridized carbons (Fsp3) is 0.111. The summed E-state index contributed by atoms with van der Waals surface area (Å²) in [5, 5.41) is 20.0. The molecule has 0 saturated heterocycles. The summed E-state index contributed by atoms with van der Waals surface area (Å²) in [6.45, 7) is 0. The van der Waals surface area contributed by atoms with Gasteiger partial charge in [-0.1, -0.05) is 12.1 Å². The Labute approximate surface area is 83.3 Å². The molecule has 0 bridgehead atoms. The minimum Gasteiger partial charge on any atom is -0.479 e. The van der Waals surface area contributed by atoms with Crippen molar-refractivity contribution in [2.45, 2.75) is 6.04 Å². The van der Waals surface area contributed by atoms with E-state index in [1.165, 1.54) is 18.2 Å². The van der Waals surface area contributed by atoms with Crippen LogP contribution < -0.4 is 10.6 Å². The van der Waals surface area contributed by atoms with Crippen molar-refractivity contribution >= 4 is 17.7 Å². The molecule has 6 heteroatoms. The number of carboxylic acid groups (broad SMARTS) is 1. The Bertz CT molecular complexity index is 564. The number of carbonyl (C=O) groups is 1. The van der Waals surface area contributed by atoms with Gasteiger partial charge in [-0.25, -0.2) is 4.79 Å². The molecule has 0 aliphatic carbocycles. The summed E-state index contributed by atoms with van der Waals surface area (Å²) >= 11 is 0. The van der Waals surface area contributed by atoms with Gasteiger partial charge in [0.2, 0.25) is 0 Å². The van der Waals surface area contributed by atoms with Crippen LogP contribution in [0.5, 0.6) is 0 Å². The predicted molar refractivity (Wildman–Crippen MR) is 49.8 cm³/mol. The van der Waals surface area contributed by atoms with Gasteiger partial charge in [0.05, 0.1) is 4.92 Å². The Morgan fingerprint density at radius 2 is 2.27 bits per heavy atom. The summed E-state index contributed by atoms with van der Waals surface area (Å²) in [5.74, 6) is -1.11. The molecule has 2 rings (SSSR count). The standard InChI is InChI=1S/C9H6N2O4/c12-9(13)6-4-5-2-1-3-7(11(14)15)8(5)10-6/h1-4,6H,(H,12,13). The largest absolute Gasteiger partial charge is 0.479 e. The number of rotatable bonds is 2. The van der Waals surface area contributed by atoms with Crippen LogP contribution in [0.2, 0.25) is 0 Å². The third kappa shape index (κ3) is 1.45. The molecule has 0 saturated carbocycles. The van der Waals surface area contributed by atoms with E-state index in [0.29, 0.717) is 5.22 Å². The van der Waals surface area contributed by atoms with Crippen LogP contribution in [0.4, 0.5) is 5.69 Å². The number of nitro benzene ring substituents is 1. The molecule has 1 aromatic carbocycles. The molecule has 0 spiro atoms. The summed E-state index contributed by atoms with van der Waals surface area (Å²) in [6, 6.07) is 3.41. The summed E-state index contributed by atoms with van der Waals surface area (Å²) < 4.78 is 0. The number of nitrogens with zero attached hydrogens (tertiary/aromatic N) is 2. The van der Waals surface area contributed by atoms with E-state index in [0.717, 1.165) is 0 Å². The second-order valence-corrected chi connectivity index (χ2v) is 3.05. The van der Waals surface area contributed by atoms with E-state index in [2.05, 4.69) is 4.99 Å². The van der Waals surface area contributed by atoms with Gasteiger partial charge in [0.1, 0.15) is 5.36 Å². The molecule has 0 fully saturated rings. The molecule has 1 heterocycles. The molecule has 1 aliphatic rings. The number of carboxylic acids is 1. The van der Waals surface area contributed by atoms with E-state index in [-0.39, 0.29) is 11.0 Å². The first-order valence-corrected chi connectivity index (χ1v) is 4.15. The van der Waals surface area contributed by atoms with Crippen LogP contribution in [0.3, 0.4) is 0 Å². The number of nitro groups is 1. The smallest absolute Gasteiger partial charge is 0.332 e. The van der Waals surface area contributed by atoms with Gasteiger partial charge in [-0.15, -0.1) is 0 Å². The van der Waals surface area contributed by atoms with Gasteiger partial charge in [-0.2, -0.15) is 0 Å². The summed E-state index contributed by atoms with van der Waals surface area (Å²) in [7, 11) is 0. The van der Waals surface area contributed by atoms with Crippen LogP contribution >= 0.6 is 0 Å². The average molecular weight is 206 g/mol. The van der Waals surface area contributed by atoms with Gasteiger partial charge in [0, 0.05) is 11.3 Å². The highest BCUT2D eigenvalue weighted by Crippen LogP contribution is 2.04. The molecule has 6 nitrogen and oxygen atoms in total. The van der Waals surface area contributed by atoms with Crippen LogP contribution in [0, 0.1) is 10.1 Å². The topological polar surface area (TPSA) is 92.8 Å². The van der Waals surface area contributed by atoms with Crippen LogP contribution in [0.15, 0.2) is 23.2 Å². The summed E-state index contributed by atoms with van der Waals surface area (Å²) in [4.78, 5) is 24.5. The molecule has 15 heavy (non-hydrogen) atoms. The van der Waals surface area contributed by atoms with E-state index < -0.39 is 16.9 Å². The maximum absolute atomic E-state index is 10.7. The third-order valence-corrected chi connectivity index (χ3v) is 2.10. The number of hydrogen-bond acceptors (Lipinski definition) is 4. The minimum atomic E-state index is -1.11. The Hall–Kier alpha value is -2.24. The molecule has 1 atom stereocenters. The highest BCUT2D eigenvalue weighted by Gasteiger charge is 2.20. The Kier molecular flexibility index (Phi) is 1.96. The highest BCUT2D eigenvalue weighted by molar-refractivity contribution is 5.82. The van der Waals surface area contributed by atoms with Gasteiger partial charge in [0.25, 0.3) is 5.69 Å². The fourth-order valence-electron chi connectivity index (χ4n) is 1.44. The van der Waals surface area contributed by atoms with Crippen molar-refractivity contribution < 1.29 is 14.8 Å². The first-order chi connectivity index (χ1) is 7.09. The monoisotopic (exact) mass is 206 g/mol. The van der Waals surface area contributed by atoms with Gasteiger partial charge in [-0.3, -0.25) is 15.1 Å². The van der Waals surface area contributed by atoms with Crippen LogP contribution in [0.25, 0.3) is 6.08 Å². The van der Waals surface area contributed by atoms with Gasteiger partial charge in [-0.05, 0) is 6.08 Å². The SMILES string of the molecule is O=C(O)C1C=c2cccc([N+](=O)[O-])c2=N1. The zero-order chi connectivity index (χ0) is 11.0. The van der Waals surface area contributed by atoms with Gasteiger partial charge < -0.3 is 5.11 Å². The zero-order valence-electron chi connectivity index (χ0n) is 7.45. The molecule has 0 amide bonds. The maximum atomic E-state index is 10.7. The van der Waals surface area contributed by atoms with Crippen LogP contribution in [0.1, 0.15) is 0 Å². The van der Waals surface area contributed by atoms with Gasteiger partial charge in [0.15, 0.2) is 6.04 Å². The highest BCUT2D eigenvalue weighted by atomic mass is 16.6. The molecular weight excluding hydrogens is 200 g/mol. The summed E-state index contributed by atoms with van der Waals surface area (Å²) in [6.07, 6.45) is 1.39. The lowest BCUT2D eigenvalue weighted by atomic mass is 10.2. The number of para-hydroxylation sites is 1. The molecule has 1 N–H and O–H groups in total. The average Bonchev–Trinajstić information content (AvgIpc) is 2.60. The number of aliphatic carboxylic acids is 1. The molecule has 0 radical (unpaired) electrons. The normalized spacial score (nSPS) is 17.5. The van der Waals surface area contributed by atoms with Crippen molar-refractivity contribution in [1.82, 2.24) is 0 Å². The zero-order valence-corrected chi connectivity index (χ0v) is 7.45. The van der Waals surface area contributed by atoms with Crippen molar-refractivity contribution in [3.05, 3.63) is 38.9 Å². The van der Waals surface area contributed by atoms with E-state index >= 15 is 0 Å². The van der Waals surface area contributed by atoms with E-state index in [1.54, 1.807) is 6.07 Å². The molecule has 1 aromatic rings. The Morgan fingerprint density at radius 3 is 2.87 bits per heavy atom. The number of benzene rings is 1. The molecule has 0 aromatic heterocycles. The van der Waals surface area contributed by atoms with Crippen molar-refractivity contribution in [2.24, 2.45) is 4.99 Å². The van der Waals surface area contributed by atoms with Crippen molar-refractivity contribution in [1.29, 1.82) is 0 Å². The van der Waals surface area contributed by atoms with Crippen molar-refractivity contribution in [2.75, 3.05) is 0 Å². The molecular formula is C9H6N2O4. The third-order valence-electron chi connectivity index (χ3n) is 2.10. The molecule has 1 aliphatic heterocycles. The molecule has 1 unspecified atom stereocenters. The van der Waals surface area contributed by atoms with E-state index in [4.69, 9.17) is 5.11 Å². The second kappa shape index (κ2) is 3.16. The van der Waals surface area contributed by atoms with Crippen LogP contribution in [-0.2, 0) is 4.79 Å². The number of fused-ring (bicyclic) bond motifs is 1. The lowest BCUT2D eigenvalue weighted by Crippen LogP contribution is -2.24. The first-order valence-electron chi connectivity index (χ1n) is 4.15. The number of non-ortho nitro benzene ring substituents is 1.